The highest BCUT2D eigenvalue weighted by Gasteiger charge is 2.42. The molecule has 1 aromatic carbocycles. The lowest BCUT2D eigenvalue weighted by molar-refractivity contribution is 0.413. The van der Waals surface area contributed by atoms with Crippen LogP contribution in [0.2, 0.25) is 0 Å². The highest BCUT2D eigenvalue weighted by Crippen LogP contribution is 2.35. The summed E-state index contributed by atoms with van der Waals surface area (Å²) in [5, 5.41) is 0. The highest BCUT2D eigenvalue weighted by atomic mass is 32.2. The SMILES string of the molecule is COc1cccc(S(=O)(=O)CC2(N)CC2)c1. The van der Waals surface area contributed by atoms with Gasteiger partial charge in [0.25, 0.3) is 0 Å². The predicted octanol–water partition coefficient (Wildman–Crippen LogP) is 0.960. The molecule has 0 spiro atoms. The molecule has 1 fully saturated rings. The maximum absolute atomic E-state index is 12.0. The molecule has 16 heavy (non-hydrogen) atoms. The van der Waals surface area contributed by atoms with Crippen LogP contribution in [0.15, 0.2) is 29.2 Å². The lowest BCUT2D eigenvalue weighted by Crippen LogP contribution is -2.31. The molecule has 0 bridgehead atoms. The Morgan fingerprint density at radius 3 is 2.69 bits per heavy atom. The number of ether oxygens (including phenoxy) is 1. The van der Waals surface area contributed by atoms with Crippen LogP contribution in [0.4, 0.5) is 0 Å². The zero-order chi connectivity index (χ0) is 11.8. The Bertz CT molecular complexity index is 492. The topological polar surface area (TPSA) is 69.4 Å². The summed E-state index contributed by atoms with van der Waals surface area (Å²) >= 11 is 0. The third kappa shape index (κ3) is 2.36. The molecule has 1 aliphatic rings. The minimum absolute atomic E-state index is 0.0210. The molecule has 1 aliphatic carbocycles. The first-order chi connectivity index (χ1) is 7.45. The van der Waals surface area contributed by atoms with E-state index in [1.54, 1.807) is 18.2 Å². The fourth-order valence-electron chi connectivity index (χ4n) is 1.56. The van der Waals surface area contributed by atoms with Gasteiger partial charge in [0.2, 0.25) is 0 Å². The van der Waals surface area contributed by atoms with Crippen molar-refractivity contribution >= 4 is 9.84 Å². The van der Waals surface area contributed by atoms with Gasteiger partial charge in [0, 0.05) is 5.54 Å². The van der Waals surface area contributed by atoms with E-state index in [-0.39, 0.29) is 10.6 Å². The first kappa shape index (κ1) is 11.4. The van der Waals surface area contributed by atoms with E-state index < -0.39 is 15.4 Å². The van der Waals surface area contributed by atoms with Crippen LogP contribution in [0.3, 0.4) is 0 Å². The summed E-state index contributed by atoms with van der Waals surface area (Å²) in [4.78, 5) is 0.281. The summed E-state index contributed by atoms with van der Waals surface area (Å²) < 4.78 is 29.0. The van der Waals surface area contributed by atoms with Gasteiger partial charge in [0.15, 0.2) is 9.84 Å². The Kier molecular flexibility index (Phi) is 2.67. The van der Waals surface area contributed by atoms with E-state index in [4.69, 9.17) is 10.5 Å². The number of benzene rings is 1. The van der Waals surface area contributed by atoms with Crippen LogP contribution in [-0.4, -0.2) is 26.8 Å². The maximum Gasteiger partial charge on any atom is 0.180 e. The van der Waals surface area contributed by atoms with Crippen LogP contribution < -0.4 is 10.5 Å². The Hall–Kier alpha value is -1.07. The molecule has 1 aromatic rings. The minimum atomic E-state index is -3.29. The lowest BCUT2D eigenvalue weighted by Gasteiger charge is -2.10. The van der Waals surface area contributed by atoms with E-state index in [2.05, 4.69) is 0 Å². The molecule has 0 heterocycles. The van der Waals surface area contributed by atoms with Crippen molar-refractivity contribution in [3.63, 3.8) is 0 Å². The monoisotopic (exact) mass is 241 g/mol. The Labute approximate surface area is 95.3 Å². The first-order valence-corrected chi connectivity index (χ1v) is 6.76. The summed E-state index contributed by atoms with van der Waals surface area (Å²) in [7, 11) is -1.78. The Morgan fingerprint density at radius 2 is 2.12 bits per heavy atom. The van der Waals surface area contributed by atoms with Crippen molar-refractivity contribution in [3.8, 4) is 5.75 Å². The van der Waals surface area contributed by atoms with Crippen LogP contribution in [-0.2, 0) is 9.84 Å². The predicted molar refractivity (Wildman–Crippen MR) is 61.2 cm³/mol. The molecular weight excluding hydrogens is 226 g/mol. The molecule has 0 amide bonds. The smallest absolute Gasteiger partial charge is 0.180 e. The number of hydrogen-bond acceptors (Lipinski definition) is 4. The van der Waals surface area contributed by atoms with Gasteiger partial charge in [0.1, 0.15) is 5.75 Å². The second-order valence-electron chi connectivity index (χ2n) is 4.30. The van der Waals surface area contributed by atoms with Gasteiger partial charge in [-0.1, -0.05) is 6.07 Å². The Balaban J connectivity index is 2.28. The molecule has 0 aliphatic heterocycles. The van der Waals surface area contributed by atoms with Gasteiger partial charge in [-0.3, -0.25) is 0 Å². The van der Waals surface area contributed by atoms with Gasteiger partial charge in [-0.15, -0.1) is 0 Å². The van der Waals surface area contributed by atoms with E-state index in [0.717, 1.165) is 12.8 Å². The molecular formula is C11H15NO3S. The van der Waals surface area contributed by atoms with Gasteiger partial charge in [-0.05, 0) is 31.0 Å². The Morgan fingerprint density at radius 1 is 1.44 bits per heavy atom. The van der Waals surface area contributed by atoms with E-state index >= 15 is 0 Å². The quantitative estimate of drug-likeness (QED) is 0.852. The summed E-state index contributed by atoms with van der Waals surface area (Å²) in [6.45, 7) is 0. The van der Waals surface area contributed by atoms with Crippen LogP contribution >= 0.6 is 0 Å². The van der Waals surface area contributed by atoms with Crippen LogP contribution in [0, 0.1) is 0 Å². The molecule has 4 nitrogen and oxygen atoms in total. The number of nitrogens with two attached hydrogens (primary N) is 1. The average Bonchev–Trinajstić information content (AvgIpc) is 2.95. The van der Waals surface area contributed by atoms with Crippen molar-refractivity contribution in [1.29, 1.82) is 0 Å². The van der Waals surface area contributed by atoms with Crippen molar-refractivity contribution < 1.29 is 13.2 Å². The molecule has 0 saturated heterocycles. The second-order valence-corrected chi connectivity index (χ2v) is 6.29. The molecule has 2 rings (SSSR count). The minimum Gasteiger partial charge on any atom is -0.497 e. The molecule has 2 N–H and O–H groups in total. The first-order valence-electron chi connectivity index (χ1n) is 5.11. The van der Waals surface area contributed by atoms with E-state index in [1.807, 2.05) is 0 Å². The second kappa shape index (κ2) is 3.75. The van der Waals surface area contributed by atoms with E-state index in [0.29, 0.717) is 5.75 Å². The fraction of sp³-hybridized carbons (Fsp3) is 0.455. The number of rotatable bonds is 4. The zero-order valence-electron chi connectivity index (χ0n) is 9.14. The highest BCUT2D eigenvalue weighted by molar-refractivity contribution is 7.91. The summed E-state index contributed by atoms with van der Waals surface area (Å²) in [5.74, 6) is 0.565. The van der Waals surface area contributed by atoms with Crippen molar-refractivity contribution in [2.75, 3.05) is 12.9 Å². The van der Waals surface area contributed by atoms with Gasteiger partial charge < -0.3 is 10.5 Å². The van der Waals surface area contributed by atoms with Crippen molar-refractivity contribution in [3.05, 3.63) is 24.3 Å². The maximum atomic E-state index is 12.0. The van der Waals surface area contributed by atoms with Crippen LogP contribution in [0.25, 0.3) is 0 Å². The molecule has 1 saturated carbocycles. The molecule has 0 atom stereocenters. The lowest BCUT2D eigenvalue weighted by atomic mass is 10.3. The molecule has 0 radical (unpaired) electrons. The van der Waals surface area contributed by atoms with E-state index in [1.165, 1.54) is 13.2 Å². The van der Waals surface area contributed by atoms with Gasteiger partial charge in [0.05, 0.1) is 17.8 Å². The molecule has 0 aromatic heterocycles. The van der Waals surface area contributed by atoms with E-state index in [9.17, 15) is 8.42 Å². The van der Waals surface area contributed by atoms with Gasteiger partial charge in [-0.25, -0.2) is 8.42 Å². The largest absolute Gasteiger partial charge is 0.497 e. The summed E-state index contributed by atoms with van der Waals surface area (Å²) in [5.41, 5.74) is 5.33. The fourth-order valence-corrected chi connectivity index (χ4v) is 3.36. The zero-order valence-corrected chi connectivity index (χ0v) is 9.96. The number of sulfone groups is 1. The van der Waals surface area contributed by atoms with Crippen LogP contribution in [0.5, 0.6) is 5.75 Å². The average molecular weight is 241 g/mol. The third-order valence-electron chi connectivity index (χ3n) is 2.77. The van der Waals surface area contributed by atoms with Gasteiger partial charge >= 0.3 is 0 Å². The van der Waals surface area contributed by atoms with Crippen molar-refractivity contribution in [2.45, 2.75) is 23.3 Å². The van der Waals surface area contributed by atoms with Crippen molar-refractivity contribution in [2.24, 2.45) is 5.73 Å². The van der Waals surface area contributed by atoms with Crippen LogP contribution in [0.1, 0.15) is 12.8 Å². The summed E-state index contributed by atoms with van der Waals surface area (Å²) in [6.07, 6.45) is 1.58. The standard InChI is InChI=1S/C11H15NO3S/c1-15-9-3-2-4-10(7-9)16(13,14)8-11(12)5-6-11/h2-4,7H,5-6,8,12H2,1H3. The van der Waals surface area contributed by atoms with Crippen molar-refractivity contribution in [1.82, 2.24) is 0 Å². The number of hydrogen-bond donors (Lipinski definition) is 1. The molecule has 5 heteroatoms. The third-order valence-corrected chi connectivity index (χ3v) is 4.70. The number of methoxy groups -OCH3 is 1. The molecule has 88 valence electrons. The van der Waals surface area contributed by atoms with Gasteiger partial charge in [-0.2, -0.15) is 0 Å². The normalized spacial score (nSPS) is 18.1. The molecule has 0 unspecified atom stereocenters. The summed E-state index contributed by atoms with van der Waals surface area (Å²) in [6, 6.07) is 6.49.